The lowest BCUT2D eigenvalue weighted by Crippen LogP contribution is -2.25. The van der Waals surface area contributed by atoms with Crippen LogP contribution in [0.3, 0.4) is 0 Å². The molecule has 0 saturated carbocycles. The van der Waals surface area contributed by atoms with Gasteiger partial charge in [0.15, 0.2) is 0 Å². The van der Waals surface area contributed by atoms with Crippen molar-refractivity contribution in [1.29, 1.82) is 0 Å². The Balaban J connectivity index is 1.89. The average molecular weight is 289 g/mol. The largest absolute Gasteiger partial charge is 0.507 e. The van der Waals surface area contributed by atoms with Crippen molar-refractivity contribution in [2.24, 2.45) is 0 Å². The molecule has 3 rings (SSSR count). The van der Waals surface area contributed by atoms with Crippen molar-refractivity contribution in [3.05, 3.63) is 58.1 Å². The van der Waals surface area contributed by atoms with Gasteiger partial charge in [0.25, 0.3) is 5.91 Å². The summed E-state index contributed by atoms with van der Waals surface area (Å²) in [6.45, 7) is 1.01. The Kier molecular flexibility index (Phi) is 3.03. The van der Waals surface area contributed by atoms with Gasteiger partial charge in [0.2, 0.25) is 0 Å². The van der Waals surface area contributed by atoms with Crippen molar-refractivity contribution in [1.82, 2.24) is 4.90 Å². The Morgan fingerprint density at radius 3 is 2.70 bits per heavy atom. The summed E-state index contributed by atoms with van der Waals surface area (Å²) in [5.74, 6) is -0.297. The first-order valence-corrected chi connectivity index (χ1v) is 6.57. The number of hydrogen-bond donors (Lipinski definition) is 2. The van der Waals surface area contributed by atoms with Crippen molar-refractivity contribution < 1.29 is 9.90 Å². The average Bonchev–Trinajstić information content (AvgIpc) is 2.83. The minimum atomic E-state index is -0.236. The SMILES string of the molecule is Nc1ccc2c(c1)CN(C(=O)c1cc(Cl)ccc1O)C2. The topological polar surface area (TPSA) is 66.6 Å². The van der Waals surface area contributed by atoms with Crippen molar-refractivity contribution >= 4 is 23.2 Å². The maximum Gasteiger partial charge on any atom is 0.258 e. The predicted molar refractivity (Wildman–Crippen MR) is 77.5 cm³/mol. The molecule has 0 aromatic heterocycles. The standard InChI is InChI=1S/C15H13ClN2O2/c16-11-2-4-14(19)13(6-11)15(20)18-7-9-1-3-12(17)5-10(9)8-18/h1-6,19H,7-8,17H2. The highest BCUT2D eigenvalue weighted by Crippen LogP contribution is 2.29. The number of nitrogen functional groups attached to an aromatic ring is 1. The van der Waals surface area contributed by atoms with E-state index in [1.807, 2.05) is 18.2 Å². The molecule has 102 valence electrons. The summed E-state index contributed by atoms with van der Waals surface area (Å²) in [6, 6.07) is 10.1. The molecule has 2 aromatic rings. The van der Waals surface area contributed by atoms with Gasteiger partial charge in [-0.15, -0.1) is 0 Å². The summed E-state index contributed by atoms with van der Waals surface area (Å²) in [7, 11) is 0. The molecule has 20 heavy (non-hydrogen) atoms. The first-order chi connectivity index (χ1) is 9.54. The summed E-state index contributed by atoms with van der Waals surface area (Å²) in [5, 5.41) is 10.2. The van der Waals surface area contributed by atoms with Crippen molar-refractivity contribution in [2.75, 3.05) is 5.73 Å². The molecule has 0 bridgehead atoms. The van der Waals surface area contributed by atoms with Crippen molar-refractivity contribution in [3.8, 4) is 5.75 Å². The van der Waals surface area contributed by atoms with E-state index in [9.17, 15) is 9.90 Å². The van der Waals surface area contributed by atoms with E-state index in [0.717, 1.165) is 11.1 Å². The van der Waals surface area contributed by atoms with Crippen LogP contribution in [0, 0.1) is 0 Å². The van der Waals surface area contributed by atoms with E-state index in [0.29, 0.717) is 23.8 Å². The second-order valence-corrected chi connectivity index (χ2v) is 5.29. The molecule has 1 amide bonds. The van der Waals surface area contributed by atoms with E-state index in [-0.39, 0.29) is 17.2 Å². The number of halogens is 1. The number of aromatic hydroxyl groups is 1. The van der Waals surface area contributed by atoms with Gasteiger partial charge < -0.3 is 15.7 Å². The van der Waals surface area contributed by atoms with Crippen molar-refractivity contribution in [2.45, 2.75) is 13.1 Å². The van der Waals surface area contributed by atoms with Gasteiger partial charge in [-0.05, 0) is 41.5 Å². The molecule has 1 aliphatic rings. The molecule has 0 atom stereocenters. The van der Waals surface area contributed by atoms with Crippen LogP contribution < -0.4 is 5.73 Å². The van der Waals surface area contributed by atoms with Gasteiger partial charge in [-0.1, -0.05) is 17.7 Å². The predicted octanol–water partition coefficient (Wildman–Crippen LogP) is 2.78. The van der Waals surface area contributed by atoms with Crippen LogP contribution in [-0.2, 0) is 13.1 Å². The molecule has 1 heterocycles. The maximum absolute atomic E-state index is 12.4. The lowest BCUT2D eigenvalue weighted by atomic mass is 10.1. The van der Waals surface area contributed by atoms with Crippen LogP contribution in [0.15, 0.2) is 36.4 Å². The van der Waals surface area contributed by atoms with E-state index >= 15 is 0 Å². The first-order valence-electron chi connectivity index (χ1n) is 6.19. The van der Waals surface area contributed by atoms with E-state index < -0.39 is 0 Å². The fraction of sp³-hybridized carbons (Fsp3) is 0.133. The van der Waals surface area contributed by atoms with Gasteiger partial charge in [-0.25, -0.2) is 0 Å². The summed E-state index contributed by atoms with van der Waals surface area (Å²) in [5.41, 5.74) is 8.77. The summed E-state index contributed by atoms with van der Waals surface area (Å²) in [4.78, 5) is 14.1. The Hall–Kier alpha value is -2.20. The summed E-state index contributed by atoms with van der Waals surface area (Å²) in [6.07, 6.45) is 0. The molecule has 0 saturated heterocycles. The third kappa shape index (κ3) is 2.18. The minimum Gasteiger partial charge on any atom is -0.507 e. The van der Waals surface area contributed by atoms with Crippen LogP contribution in [-0.4, -0.2) is 15.9 Å². The molecule has 3 N–H and O–H groups in total. The molecule has 1 aliphatic heterocycles. The zero-order chi connectivity index (χ0) is 14.3. The summed E-state index contributed by atoms with van der Waals surface area (Å²) >= 11 is 5.88. The molecule has 0 unspecified atom stereocenters. The number of benzene rings is 2. The van der Waals surface area contributed by atoms with Gasteiger partial charge in [0.05, 0.1) is 5.56 Å². The third-order valence-corrected chi connectivity index (χ3v) is 3.66. The number of nitrogens with zero attached hydrogens (tertiary/aromatic N) is 1. The molecular weight excluding hydrogens is 276 g/mol. The number of rotatable bonds is 1. The molecule has 4 nitrogen and oxygen atoms in total. The van der Waals surface area contributed by atoms with Gasteiger partial charge >= 0.3 is 0 Å². The number of hydrogen-bond acceptors (Lipinski definition) is 3. The Morgan fingerprint density at radius 1 is 1.15 bits per heavy atom. The quantitative estimate of drug-likeness (QED) is 0.793. The molecule has 5 heteroatoms. The fourth-order valence-corrected chi connectivity index (χ4v) is 2.58. The van der Waals surface area contributed by atoms with Crippen LogP contribution in [0.5, 0.6) is 5.75 Å². The second-order valence-electron chi connectivity index (χ2n) is 4.85. The van der Waals surface area contributed by atoms with Gasteiger partial charge in [-0.2, -0.15) is 0 Å². The highest BCUT2D eigenvalue weighted by atomic mass is 35.5. The fourth-order valence-electron chi connectivity index (χ4n) is 2.41. The number of phenolic OH excluding ortho intramolecular Hbond substituents is 1. The van der Waals surface area contributed by atoms with Crippen LogP contribution >= 0.6 is 11.6 Å². The van der Waals surface area contributed by atoms with Crippen LogP contribution in [0.2, 0.25) is 5.02 Å². The number of fused-ring (bicyclic) bond motifs is 1. The number of nitrogens with two attached hydrogens (primary N) is 1. The highest BCUT2D eigenvalue weighted by Gasteiger charge is 2.26. The number of carbonyl (C=O) groups is 1. The molecule has 0 radical (unpaired) electrons. The highest BCUT2D eigenvalue weighted by molar-refractivity contribution is 6.31. The third-order valence-electron chi connectivity index (χ3n) is 3.43. The number of phenols is 1. The molecule has 0 fully saturated rings. The molecular formula is C15H13ClN2O2. The van der Waals surface area contributed by atoms with Gasteiger partial charge in [0.1, 0.15) is 5.75 Å². The van der Waals surface area contributed by atoms with Gasteiger partial charge in [0, 0.05) is 23.8 Å². The maximum atomic E-state index is 12.4. The van der Waals surface area contributed by atoms with E-state index in [1.165, 1.54) is 12.1 Å². The van der Waals surface area contributed by atoms with E-state index in [4.69, 9.17) is 17.3 Å². The van der Waals surface area contributed by atoms with Crippen LogP contribution in [0.1, 0.15) is 21.5 Å². The van der Waals surface area contributed by atoms with Crippen LogP contribution in [0.25, 0.3) is 0 Å². The Morgan fingerprint density at radius 2 is 1.90 bits per heavy atom. The smallest absolute Gasteiger partial charge is 0.258 e. The zero-order valence-electron chi connectivity index (χ0n) is 10.6. The van der Waals surface area contributed by atoms with Crippen molar-refractivity contribution in [3.63, 3.8) is 0 Å². The second kappa shape index (κ2) is 4.72. The lowest BCUT2D eigenvalue weighted by molar-refractivity contribution is 0.0748. The molecule has 2 aromatic carbocycles. The minimum absolute atomic E-state index is 0.0603. The summed E-state index contributed by atoms with van der Waals surface area (Å²) < 4.78 is 0. The first kappa shape index (κ1) is 12.8. The van der Waals surface area contributed by atoms with E-state index in [1.54, 1.807) is 11.0 Å². The van der Waals surface area contributed by atoms with E-state index in [2.05, 4.69) is 0 Å². The lowest BCUT2D eigenvalue weighted by Gasteiger charge is -2.16. The van der Waals surface area contributed by atoms with Crippen LogP contribution in [0.4, 0.5) is 5.69 Å². The normalized spacial score (nSPS) is 13.3. The number of carbonyl (C=O) groups excluding carboxylic acids is 1. The number of amides is 1. The van der Waals surface area contributed by atoms with Gasteiger partial charge in [-0.3, -0.25) is 4.79 Å². The zero-order valence-corrected chi connectivity index (χ0v) is 11.4. The number of anilines is 1. The molecule has 0 spiro atoms. The molecule has 0 aliphatic carbocycles. The monoisotopic (exact) mass is 288 g/mol. The Labute approximate surface area is 121 Å². The Bertz CT molecular complexity index is 700.